The van der Waals surface area contributed by atoms with Crippen molar-refractivity contribution < 1.29 is 22.7 Å². The Labute approximate surface area is 181 Å². The van der Waals surface area contributed by atoms with Gasteiger partial charge in [0.15, 0.2) is 0 Å². The Balaban J connectivity index is 1.86. The molecule has 8 heteroatoms. The van der Waals surface area contributed by atoms with Crippen LogP contribution >= 0.6 is 0 Å². The molecule has 0 aliphatic carbocycles. The average Bonchev–Trinajstić information content (AvgIpc) is 2.75. The van der Waals surface area contributed by atoms with E-state index in [9.17, 15) is 18.0 Å². The molecule has 0 aliphatic rings. The first kappa shape index (κ1) is 22.0. The number of hydrogen-bond donors (Lipinski definition) is 2. The van der Waals surface area contributed by atoms with Gasteiger partial charge in [0.05, 0.1) is 17.6 Å². The van der Waals surface area contributed by atoms with Crippen molar-refractivity contribution in [2.45, 2.75) is 18.7 Å². The SMILES string of the molecule is COC(=O)c1cccc(NC(=O)c2cc(S(=O)(=O)Nc3ccc(C)cc3)ccc2C)c1. The van der Waals surface area contributed by atoms with Crippen molar-refractivity contribution in [1.29, 1.82) is 0 Å². The van der Waals surface area contributed by atoms with Crippen LogP contribution in [0.15, 0.2) is 71.6 Å². The predicted octanol–water partition coefficient (Wildman–Crippen LogP) is 4.14. The second-order valence-corrected chi connectivity index (χ2v) is 8.66. The van der Waals surface area contributed by atoms with Gasteiger partial charge in [0.1, 0.15) is 0 Å². The maximum absolute atomic E-state index is 12.8. The lowest BCUT2D eigenvalue weighted by Crippen LogP contribution is -2.17. The van der Waals surface area contributed by atoms with Gasteiger partial charge in [-0.2, -0.15) is 0 Å². The van der Waals surface area contributed by atoms with Crippen LogP contribution in [-0.2, 0) is 14.8 Å². The molecule has 3 aromatic carbocycles. The number of rotatable bonds is 6. The molecule has 160 valence electrons. The molecular formula is C23H22N2O5S. The van der Waals surface area contributed by atoms with Gasteiger partial charge in [0.25, 0.3) is 15.9 Å². The summed E-state index contributed by atoms with van der Waals surface area (Å²) in [6.45, 7) is 3.62. The summed E-state index contributed by atoms with van der Waals surface area (Å²) in [5, 5.41) is 2.69. The van der Waals surface area contributed by atoms with Crippen molar-refractivity contribution in [2.24, 2.45) is 0 Å². The van der Waals surface area contributed by atoms with Crippen molar-refractivity contribution in [3.8, 4) is 0 Å². The zero-order valence-electron chi connectivity index (χ0n) is 17.3. The minimum absolute atomic E-state index is 0.0351. The van der Waals surface area contributed by atoms with Gasteiger partial charge in [-0.15, -0.1) is 0 Å². The maximum atomic E-state index is 12.8. The Morgan fingerprint density at radius 3 is 2.26 bits per heavy atom. The van der Waals surface area contributed by atoms with Crippen molar-refractivity contribution in [3.05, 3.63) is 89.0 Å². The number of carbonyl (C=O) groups excluding carboxylic acids is 2. The molecule has 7 nitrogen and oxygen atoms in total. The summed E-state index contributed by atoms with van der Waals surface area (Å²) in [4.78, 5) is 24.5. The normalized spacial score (nSPS) is 10.9. The van der Waals surface area contributed by atoms with Crippen molar-refractivity contribution >= 4 is 33.3 Å². The summed E-state index contributed by atoms with van der Waals surface area (Å²) in [5.74, 6) is -1.02. The molecule has 0 aliphatic heterocycles. The highest BCUT2D eigenvalue weighted by molar-refractivity contribution is 7.92. The van der Waals surface area contributed by atoms with E-state index in [1.165, 1.54) is 25.3 Å². The smallest absolute Gasteiger partial charge is 0.337 e. The molecule has 2 N–H and O–H groups in total. The van der Waals surface area contributed by atoms with Gasteiger partial charge in [0, 0.05) is 16.9 Å². The van der Waals surface area contributed by atoms with Crippen molar-refractivity contribution in [3.63, 3.8) is 0 Å². The molecule has 3 aromatic rings. The Bertz CT molecular complexity index is 1240. The van der Waals surface area contributed by atoms with E-state index in [1.54, 1.807) is 55.5 Å². The van der Waals surface area contributed by atoms with E-state index in [2.05, 4.69) is 14.8 Å². The van der Waals surface area contributed by atoms with E-state index in [4.69, 9.17) is 0 Å². The zero-order chi connectivity index (χ0) is 22.6. The van der Waals surface area contributed by atoms with Crippen LogP contribution in [0.4, 0.5) is 11.4 Å². The van der Waals surface area contributed by atoms with E-state index in [0.29, 0.717) is 16.9 Å². The van der Waals surface area contributed by atoms with Gasteiger partial charge in [-0.1, -0.05) is 29.8 Å². The third kappa shape index (κ3) is 5.29. The minimum atomic E-state index is -3.88. The zero-order valence-corrected chi connectivity index (χ0v) is 18.1. The quantitative estimate of drug-likeness (QED) is 0.563. The number of carbonyl (C=O) groups is 2. The molecule has 0 aromatic heterocycles. The van der Waals surface area contributed by atoms with Crippen LogP contribution < -0.4 is 10.0 Å². The fraction of sp³-hybridized carbons (Fsp3) is 0.130. The molecule has 0 saturated heterocycles. The number of amides is 1. The number of ether oxygens (including phenoxy) is 1. The molecular weight excluding hydrogens is 416 g/mol. The second kappa shape index (κ2) is 9.01. The molecule has 0 bridgehead atoms. The molecule has 0 heterocycles. The average molecular weight is 439 g/mol. The number of nitrogens with one attached hydrogen (secondary N) is 2. The lowest BCUT2D eigenvalue weighted by atomic mass is 10.1. The van der Waals surface area contributed by atoms with E-state index in [1.807, 2.05) is 6.92 Å². The summed E-state index contributed by atoms with van der Waals surface area (Å²) in [5.41, 5.74) is 2.92. The highest BCUT2D eigenvalue weighted by Crippen LogP contribution is 2.21. The molecule has 3 rings (SSSR count). The third-order valence-corrected chi connectivity index (χ3v) is 5.99. The predicted molar refractivity (Wildman–Crippen MR) is 119 cm³/mol. The summed E-state index contributed by atoms with van der Waals surface area (Å²) < 4.78 is 32.8. The van der Waals surface area contributed by atoms with E-state index in [-0.39, 0.29) is 16.0 Å². The van der Waals surface area contributed by atoms with Crippen LogP contribution in [0, 0.1) is 13.8 Å². The lowest BCUT2D eigenvalue weighted by molar-refractivity contribution is 0.0600. The third-order valence-electron chi connectivity index (χ3n) is 4.61. The molecule has 0 unspecified atom stereocenters. The Morgan fingerprint density at radius 2 is 1.58 bits per heavy atom. The van der Waals surface area contributed by atoms with Crippen molar-refractivity contribution in [1.82, 2.24) is 0 Å². The van der Waals surface area contributed by atoms with E-state index in [0.717, 1.165) is 5.56 Å². The van der Waals surface area contributed by atoms with Crippen LogP contribution in [0.1, 0.15) is 31.8 Å². The number of anilines is 2. The van der Waals surface area contributed by atoms with E-state index >= 15 is 0 Å². The van der Waals surface area contributed by atoms with Gasteiger partial charge < -0.3 is 10.1 Å². The number of esters is 1. The highest BCUT2D eigenvalue weighted by atomic mass is 32.2. The molecule has 0 fully saturated rings. The Morgan fingerprint density at radius 1 is 0.871 bits per heavy atom. The standard InChI is InChI=1S/C23H22N2O5S/c1-15-7-10-18(11-8-15)25-31(28,29)20-12-9-16(2)21(14-20)22(26)24-19-6-4-5-17(13-19)23(27)30-3/h4-14,25H,1-3H3,(H,24,26). The molecule has 0 saturated carbocycles. The summed E-state index contributed by atoms with van der Waals surface area (Å²) in [7, 11) is -2.61. The first-order valence-electron chi connectivity index (χ1n) is 9.39. The van der Waals surface area contributed by atoms with Crippen LogP contribution in [0.3, 0.4) is 0 Å². The minimum Gasteiger partial charge on any atom is -0.465 e. The number of aryl methyl sites for hydroxylation is 2. The summed E-state index contributed by atoms with van der Waals surface area (Å²) in [6, 6.07) is 17.6. The van der Waals surface area contributed by atoms with Crippen molar-refractivity contribution in [2.75, 3.05) is 17.1 Å². The fourth-order valence-corrected chi connectivity index (χ4v) is 3.97. The summed E-state index contributed by atoms with van der Waals surface area (Å²) >= 11 is 0. The summed E-state index contributed by atoms with van der Waals surface area (Å²) in [6.07, 6.45) is 0. The van der Waals surface area contributed by atoms with Gasteiger partial charge in [0.2, 0.25) is 0 Å². The number of methoxy groups -OCH3 is 1. The largest absolute Gasteiger partial charge is 0.465 e. The molecule has 1 amide bonds. The molecule has 31 heavy (non-hydrogen) atoms. The second-order valence-electron chi connectivity index (χ2n) is 6.97. The highest BCUT2D eigenvalue weighted by Gasteiger charge is 2.19. The van der Waals surface area contributed by atoms with Gasteiger partial charge in [-0.3, -0.25) is 9.52 Å². The van der Waals surface area contributed by atoms with Gasteiger partial charge in [-0.25, -0.2) is 13.2 Å². The Hall–Kier alpha value is -3.65. The van der Waals surface area contributed by atoms with Crippen LogP contribution in [0.25, 0.3) is 0 Å². The molecule has 0 radical (unpaired) electrons. The first-order chi connectivity index (χ1) is 14.7. The first-order valence-corrected chi connectivity index (χ1v) is 10.9. The fourth-order valence-electron chi connectivity index (χ4n) is 2.89. The Kier molecular flexibility index (Phi) is 6.41. The maximum Gasteiger partial charge on any atom is 0.337 e. The monoisotopic (exact) mass is 438 g/mol. The van der Waals surface area contributed by atoms with Gasteiger partial charge in [-0.05, 0) is 61.9 Å². The topological polar surface area (TPSA) is 102 Å². The van der Waals surface area contributed by atoms with Crippen LogP contribution in [0.2, 0.25) is 0 Å². The molecule has 0 spiro atoms. The number of sulfonamides is 1. The molecule has 0 atom stereocenters. The van der Waals surface area contributed by atoms with Crippen LogP contribution in [-0.4, -0.2) is 27.4 Å². The van der Waals surface area contributed by atoms with E-state index < -0.39 is 21.9 Å². The number of benzene rings is 3. The van der Waals surface area contributed by atoms with Gasteiger partial charge >= 0.3 is 5.97 Å². The number of hydrogen-bond acceptors (Lipinski definition) is 5. The lowest BCUT2D eigenvalue weighted by Gasteiger charge is -2.12. The van der Waals surface area contributed by atoms with Crippen LogP contribution in [0.5, 0.6) is 0 Å².